The van der Waals surface area contributed by atoms with E-state index in [-0.39, 0.29) is 17.7 Å². The molecule has 1 aliphatic heterocycles. The fourth-order valence-corrected chi connectivity index (χ4v) is 4.49. The number of amides is 2. The fourth-order valence-electron chi connectivity index (χ4n) is 4.22. The van der Waals surface area contributed by atoms with E-state index in [1.807, 2.05) is 64.9 Å². The fraction of sp³-hybridized carbons (Fsp3) is 0.333. The van der Waals surface area contributed by atoms with Crippen molar-refractivity contribution in [2.75, 3.05) is 13.1 Å². The number of piperidine rings is 1. The molecule has 2 N–H and O–H groups in total. The molecule has 0 spiro atoms. The molecule has 0 aliphatic carbocycles. The van der Waals surface area contributed by atoms with Gasteiger partial charge in [-0.15, -0.1) is 0 Å². The molecule has 7 nitrogen and oxygen atoms in total. The number of hydrogen-bond acceptors (Lipinski definition) is 4. The summed E-state index contributed by atoms with van der Waals surface area (Å²) < 4.78 is 2.65. The summed E-state index contributed by atoms with van der Waals surface area (Å²) in [6, 6.07) is 17.6. The first-order valence-electron chi connectivity index (χ1n) is 10.9. The van der Waals surface area contributed by atoms with Gasteiger partial charge < -0.3 is 14.8 Å². The molecule has 1 unspecified atom stereocenters. The third-order valence-corrected chi connectivity index (χ3v) is 6.28. The number of benzene rings is 2. The third-order valence-electron chi connectivity index (χ3n) is 5.97. The smallest absolute Gasteiger partial charge is 0.252 e. The topological polar surface area (TPSA) is 83.0 Å². The Morgan fingerprint density at radius 2 is 1.72 bits per heavy atom. The van der Waals surface area contributed by atoms with E-state index in [2.05, 4.69) is 15.5 Å². The van der Waals surface area contributed by atoms with Crippen LogP contribution in [-0.2, 0) is 11.3 Å². The second-order valence-electron chi connectivity index (χ2n) is 7.91. The molecule has 0 saturated carbocycles. The number of likely N-dealkylation sites (tertiary alicyclic amines) is 1. The Kier molecular flexibility index (Phi) is 6.80. The minimum absolute atomic E-state index is 0.0896. The Bertz CT molecular complexity index is 1120. The largest absolute Gasteiger partial charge is 0.341 e. The first-order chi connectivity index (χ1) is 15.6. The molecular formula is C24H27N5O2S. The van der Waals surface area contributed by atoms with E-state index < -0.39 is 6.04 Å². The van der Waals surface area contributed by atoms with Gasteiger partial charge in [-0.1, -0.05) is 48.5 Å². The zero-order valence-corrected chi connectivity index (χ0v) is 18.8. The second kappa shape index (κ2) is 9.91. The molecule has 8 heteroatoms. The van der Waals surface area contributed by atoms with Crippen molar-refractivity contribution in [2.24, 2.45) is 0 Å². The summed E-state index contributed by atoms with van der Waals surface area (Å²) in [5.41, 5.74) is 1.30. The number of carbonyl (C=O) groups excluding carboxylic acids is 2. The molecule has 1 fully saturated rings. The zero-order valence-electron chi connectivity index (χ0n) is 18.0. The molecular weight excluding hydrogens is 422 g/mol. The predicted octanol–water partition coefficient (Wildman–Crippen LogP) is 3.84. The number of aromatic nitrogens is 3. The Balaban J connectivity index is 1.49. The number of carbonyl (C=O) groups is 2. The Morgan fingerprint density at radius 1 is 1.09 bits per heavy atom. The van der Waals surface area contributed by atoms with Gasteiger partial charge in [0, 0.05) is 31.1 Å². The minimum Gasteiger partial charge on any atom is -0.341 e. The highest BCUT2D eigenvalue weighted by molar-refractivity contribution is 7.71. The average Bonchev–Trinajstić information content (AvgIpc) is 3.23. The summed E-state index contributed by atoms with van der Waals surface area (Å²) in [7, 11) is 0. The van der Waals surface area contributed by atoms with Crippen LogP contribution in [0.4, 0.5) is 0 Å². The van der Waals surface area contributed by atoms with Crippen molar-refractivity contribution in [2.45, 2.75) is 38.3 Å². The van der Waals surface area contributed by atoms with Crippen molar-refractivity contribution in [3.8, 4) is 0 Å². The van der Waals surface area contributed by atoms with Crippen LogP contribution in [0.15, 0.2) is 60.7 Å². The van der Waals surface area contributed by atoms with Crippen LogP contribution >= 0.6 is 12.2 Å². The molecule has 0 bridgehead atoms. The highest BCUT2D eigenvalue weighted by atomic mass is 32.1. The van der Waals surface area contributed by atoms with E-state index in [0.717, 1.165) is 30.8 Å². The van der Waals surface area contributed by atoms with Gasteiger partial charge in [-0.2, -0.15) is 5.10 Å². The second-order valence-corrected chi connectivity index (χ2v) is 8.30. The first kappa shape index (κ1) is 22.0. The predicted molar refractivity (Wildman–Crippen MR) is 125 cm³/mol. The third kappa shape index (κ3) is 4.65. The molecule has 0 radical (unpaired) electrons. The maximum atomic E-state index is 13.5. The van der Waals surface area contributed by atoms with E-state index in [0.29, 0.717) is 23.4 Å². The number of rotatable bonds is 6. The Morgan fingerprint density at radius 3 is 2.34 bits per heavy atom. The van der Waals surface area contributed by atoms with Crippen LogP contribution in [0.2, 0.25) is 0 Å². The number of nitrogens with zero attached hydrogens (tertiary/aromatic N) is 3. The standard InChI is InChI=1S/C24H27N5O2S/c1-2-29-21(26-27-24(29)32)18-13-15-28(16-14-18)23(31)20(17-9-5-3-6-10-17)25-22(30)19-11-7-4-8-12-19/h3-12,18,20H,2,13-16H2,1H3,(H,25,30)(H,27,32). The molecule has 4 rings (SSSR count). The zero-order chi connectivity index (χ0) is 22.5. The van der Waals surface area contributed by atoms with Gasteiger partial charge in [0.2, 0.25) is 5.91 Å². The van der Waals surface area contributed by atoms with Crippen LogP contribution in [0.3, 0.4) is 0 Å². The Hall–Kier alpha value is -3.26. The molecule has 32 heavy (non-hydrogen) atoms. The van der Waals surface area contributed by atoms with E-state index in [1.165, 1.54) is 0 Å². The van der Waals surface area contributed by atoms with Crippen LogP contribution in [0, 0.1) is 4.77 Å². The monoisotopic (exact) mass is 449 g/mol. The highest BCUT2D eigenvalue weighted by Gasteiger charge is 2.32. The van der Waals surface area contributed by atoms with Crippen molar-refractivity contribution in [3.63, 3.8) is 0 Å². The SMILES string of the molecule is CCn1c(C2CCN(C(=O)C(NC(=O)c3ccccc3)c3ccccc3)CC2)n[nH]c1=S. The summed E-state index contributed by atoms with van der Waals surface area (Å²) in [5.74, 6) is 0.858. The van der Waals surface area contributed by atoms with Crippen molar-refractivity contribution >= 4 is 24.0 Å². The summed E-state index contributed by atoms with van der Waals surface area (Å²) in [4.78, 5) is 28.2. The van der Waals surface area contributed by atoms with Crippen LogP contribution in [0.5, 0.6) is 0 Å². The van der Waals surface area contributed by atoms with Gasteiger partial charge >= 0.3 is 0 Å². The highest BCUT2D eigenvalue weighted by Crippen LogP contribution is 2.28. The van der Waals surface area contributed by atoms with E-state index >= 15 is 0 Å². The maximum absolute atomic E-state index is 13.5. The molecule has 1 aromatic heterocycles. The van der Waals surface area contributed by atoms with Gasteiger partial charge in [0.1, 0.15) is 11.9 Å². The lowest BCUT2D eigenvalue weighted by atomic mass is 9.94. The van der Waals surface area contributed by atoms with Gasteiger partial charge in [0.25, 0.3) is 5.91 Å². The average molecular weight is 450 g/mol. The maximum Gasteiger partial charge on any atom is 0.252 e. The van der Waals surface area contributed by atoms with Crippen molar-refractivity contribution in [1.82, 2.24) is 25.0 Å². The van der Waals surface area contributed by atoms with Crippen molar-refractivity contribution < 1.29 is 9.59 Å². The van der Waals surface area contributed by atoms with Gasteiger partial charge in [-0.25, -0.2) is 0 Å². The van der Waals surface area contributed by atoms with E-state index in [9.17, 15) is 9.59 Å². The molecule has 3 aromatic rings. The molecule has 2 heterocycles. The number of H-pyrrole nitrogens is 1. The van der Waals surface area contributed by atoms with Crippen molar-refractivity contribution in [3.05, 3.63) is 82.4 Å². The van der Waals surface area contributed by atoms with Crippen molar-refractivity contribution in [1.29, 1.82) is 0 Å². The summed E-state index contributed by atoms with van der Waals surface area (Å²) in [6.45, 7) is 4.04. The van der Waals surface area contributed by atoms with Gasteiger partial charge in [-0.3, -0.25) is 14.7 Å². The summed E-state index contributed by atoms with van der Waals surface area (Å²) in [5, 5.41) is 10.3. The van der Waals surface area contributed by atoms with Gasteiger partial charge in [-0.05, 0) is 49.7 Å². The van der Waals surface area contributed by atoms with Crippen LogP contribution < -0.4 is 5.32 Å². The first-order valence-corrected chi connectivity index (χ1v) is 11.3. The molecule has 2 aromatic carbocycles. The number of nitrogens with one attached hydrogen (secondary N) is 2. The minimum atomic E-state index is -0.731. The number of hydrogen-bond donors (Lipinski definition) is 2. The quantitative estimate of drug-likeness (QED) is 0.560. The lowest BCUT2D eigenvalue weighted by Gasteiger charge is -2.34. The molecule has 1 saturated heterocycles. The summed E-state index contributed by atoms with van der Waals surface area (Å²) >= 11 is 5.31. The molecule has 1 aliphatic rings. The van der Waals surface area contributed by atoms with E-state index in [1.54, 1.807) is 12.1 Å². The number of aromatic amines is 1. The summed E-state index contributed by atoms with van der Waals surface area (Å²) in [6.07, 6.45) is 1.61. The van der Waals surface area contributed by atoms with Crippen LogP contribution in [0.25, 0.3) is 0 Å². The molecule has 2 amide bonds. The van der Waals surface area contributed by atoms with Gasteiger partial charge in [0.15, 0.2) is 4.77 Å². The molecule has 1 atom stereocenters. The molecule has 166 valence electrons. The normalized spacial score (nSPS) is 15.3. The van der Waals surface area contributed by atoms with Crippen LogP contribution in [-0.4, -0.2) is 44.6 Å². The van der Waals surface area contributed by atoms with Gasteiger partial charge in [0.05, 0.1) is 0 Å². The Labute approximate surface area is 192 Å². The van der Waals surface area contributed by atoms with Crippen LogP contribution in [0.1, 0.15) is 53.5 Å². The lowest BCUT2D eigenvalue weighted by Crippen LogP contribution is -2.46. The van der Waals surface area contributed by atoms with E-state index in [4.69, 9.17) is 12.2 Å². The lowest BCUT2D eigenvalue weighted by molar-refractivity contribution is -0.134.